The van der Waals surface area contributed by atoms with Gasteiger partial charge in [-0.2, -0.15) is 0 Å². The van der Waals surface area contributed by atoms with Crippen LogP contribution in [0.4, 0.5) is 5.69 Å². The van der Waals surface area contributed by atoms with Crippen LogP contribution in [0.15, 0.2) is 23.1 Å². The summed E-state index contributed by atoms with van der Waals surface area (Å²) in [4.78, 5) is 0.317. The summed E-state index contributed by atoms with van der Waals surface area (Å²) in [5, 5.41) is 3.25. The molecule has 1 fully saturated rings. The Hall–Kier alpha value is -1.11. The number of sulfonamides is 1. The molecule has 0 amide bonds. The highest BCUT2D eigenvalue weighted by molar-refractivity contribution is 7.89. The molecule has 0 bridgehead atoms. The minimum absolute atomic E-state index is 0.317. The molecule has 1 aliphatic carbocycles. The van der Waals surface area contributed by atoms with Crippen LogP contribution in [0.2, 0.25) is 0 Å². The average Bonchev–Trinajstić information content (AvgIpc) is 3.30. The Morgan fingerprint density at radius 3 is 3.00 bits per heavy atom. The van der Waals surface area contributed by atoms with Gasteiger partial charge in [-0.1, -0.05) is 6.07 Å². The van der Waals surface area contributed by atoms with E-state index >= 15 is 0 Å². The van der Waals surface area contributed by atoms with Crippen molar-refractivity contribution in [3.8, 4) is 0 Å². The van der Waals surface area contributed by atoms with E-state index in [0.717, 1.165) is 31.7 Å². The normalized spacial score (nSPS) is 18.1. The number of ether oxygens (including phenoxy) is 1. The highest BCUT2D eigenvalue weighted by Crippen LogP contribution is 2.28. The molecule has 0 saturated heterocycles. The van der Waals surface area contributed by atoms with E-state index in [-0.39, 0.29) is 0 Å². The lowest BCUT2D eigenvalue weighted by atomic mass is 10.0. The summed E-state index contributed by atoms with van der Waals surface area (Å²) >= 11 is 0. The molecule has 1 heterocycles. The maximum Gasteiger partial charge on any atom is 0.240 e. The van der Waals surface area contributed by atoms with E-state index < -0.39 is 10.0 Å². The number of rotatable bonds is 7. The molecule has 0 radical (unpaired) electrons. The van der Waals surface area contributed by atoms with Gasteiger partial charge in [0.05, 0.1) is 11.5 Å². The zero-order valence-corrected chi connectivity index (χ0v) is 12.9. The van der Waals surface area contributed by atoms with Gasteiger partial charge < -0.3 is 10.1 Å². The van der Waals surface area contributed by atoms with Crippen LogP contribution in [0.3, 0.4) is 0 Å². The number of hydrogen-bond donors (Lipinski definition) is 2. The van der Waals surface area contributed by atoms with Gasteiger partial charge >= 0.3 is 0 Å². The second-order valence-corrected chi connectivity index (χ2v) is 7.53. The van der Waals surface area contributed by atoms with Gasteiger partial charge in [-0.05, 0) is 49.3 Å². The first-order valence-corrected chi connectivity index (χ1v) is 9.08. The van der Waals surface area contributed by atoms with E-state index in [2.05, 4.69) is 10.0 Å². The summed E-state index contributed by atoms with van der Waals surface area (Å²) in [6, 6.07) is 5.31. The van der Waals surface area contributed by atoms with Crippen LogP contribution in [0, 0.1) is 5.92 Å². The van der Waals surface area contributed by atoms with Crippen molar-refractivity contribution in [3.05, 3.63) is 23.8 Å². The first-order chi connectivity index (χ1) is 10.1. The van der Waals surface area contributed by atoms with Crippen LogP contribution >= 0.6 is 0 Å². The molecular weight excluding hydrogens is 288 g/mol. The van der Waals surface area contributed by atoms with Gasteiger partial charge in [0.25, 0.3) is 0 Å². The molecule has 2 aliphatic rings. The lowest BCUT2D eigenvalue weighted by molar-refractivity contribution is 0.129. The number of fused-ring (bicyclic) bond motifs is 1. The third-order valence-corrected chi connectivity index (χ3v) is 5.38. The molecule has 1 aromatic rings. The van der Waals surface area contributed by atoms with Crippen molar-refractivity contribution in [2.45, 2.75) is 30.6 Å². The molecule has 0 aromatic heterocycles. The van der Waals surface area contributed by atoms with Crippen molar-refractivity contribution in [1.82, 2.24) is 4.72 Å². The Morgan fingerprint density at radius 1 is 1.33 bits per heavy atom. The van der Waals surface area contributed by atoms with Crippen molar-refractivity contribution in [1.29, 1.82) is 0 Å². The Labute approximate surface area is 126 Å². The monoisotopic (exact) mass is 310 g/mol. The highest BCUT2D eigenvalue weighted by atomic mass is 32.2. The van der Waals surface area contributed by atoms with Crippen molar-refractivity contribution >= 4 is 15.7 Å². The summed E-state index contributed by atoms with van der Waals surface area (Å²) < 4.78 is 32.5. The Kier molecular flexibility index (Phi) is 4.47. The maximum atomic E-state index is 12.2. The van der Waals surface area contributed by atoms with Crippen molar-refractivity contribution < 1.29 is 13.2 Å². The molecule has 2 N–H and O–H groups in total. The van der Waals surface area contributed by atoms with Gasteiger partial charge in [0.2, 0.25) is 10.0 Å². The second-order valence-electron chi connectivity index (χ2n) is 5.77. The van der Waals surface area contributed by atoms with Crippen LogP contribution in [-0.2, 0) is 21.2 Å². The molecule has 0 atom stereocenters. The van der Waals surface area contributed by atoms with E-state index in [1.54, 1.807) is 12.1 Å². The van der Waals surface area contributed by atoms with Crippen LogP contribution in [0.5, 0.6) is 0 Å². The molecule has 5 nitrogen and oxygen atoms in total. The Bertz CT molecular complexity index is 597. The highest BCUT2D eigenvalue weighted by Gasteiger charge is 2.21. The van der Waals surface area contributed by atoms with Gasteiger partial charge in [-0.25, -0.2) is 13.1 Å². The lowest BCUT2D eigenvalue weighted by Gasteiger charge is -2.18. The number of hydrogen-bond acceptors (Lipinski definition) is 4. The first kappa shape index (κ1) is 14.8. The number of aryl methyl sites for hydroxylation is 1. The predicted molar refractivity (Wildman–Crippen MR) is 82.0 cm³/mol. The molecule has 0 unspecified atom stereocenters. The third kappa shape index (κ3) is 3.96. The third-order valence-electron chi connectivity index (χ3n) is 3.92. The summed E-state index contributed by atoms with van der Waals surface area (Å²) in [7, 11) is -3.45. The molecule has 0 spiro atoms. The molecule has 3 rings (SSSR count). The van der Waals surface area contributed by atoms with Crippen LogP contribution in [0.1, 0.15) is 24.8 Å². The first-order valence-electron chi connectivity index (χ1n) is 7.59. The van der Waals surface area contributed by atoms with Gasteiger partial charge in [0, 0.05) is 25.4 Å². The SMILES string of the molecule is O=S(=O)(NCCOCC1CC1)c1ccc2c(c1)NCCC2. The molecule has 1 aliphatic heterocycles. The Morgan fingerprint density at radius 2 is 2.19 bits per heavy atom. The Balaban J connectivity index is 1.55. The minimum Gasteiger partial charge on any atom is -0.385 e. The van der Waals surface area contributed by atoms with Gasteiger partial charge in [-0.15, -0.1) is 0 Å². The molecule has 1 saturated carbocycles. The number of anilines is 1. The van der Waals surface area contributed by atoms with Gasteiger partial charge in [0.15, 0.2) is 0 Å². The molecule has 6 heteroatoms. The number of benzene rings is 1. The van der Waals surface area contributed by atoms with E-state index in [0.29, 0.717) is 24.0 Å². The largest absolute Gasteiger partial charge is 0.385 e. The second kappa shape index (κ2) is 6.34. The van der Waals surface area contributed by atoms with Gasteiger partial charge in [0.1, 0.15) is 0 Å². The predicted octanol–water partition coefficient (Wildman–Crippen LogP) is 1.75. The van der Waals surface area contributed by atoms with E-state index in [9.17, 15) is 8.42 Å². The summed E-state index contributed by atoms with van der Waals surface area (Å²) in [6.45, 7) is 2.40. The fourth-order valence-electron chi connectivity index (χ4n) is 2.47. The zero-order chi connectivity index (χ0) is 14.7. The van der Waals surface area contributed by atoms with E-state index in [1.807, 2.05) is 6.07 Å². The van der Waals surface area contributed by atoms with Crippen LogP contribution < -0.4 is 10.0 Å². The van der Waals surface area contributed by atoms with Crippen molar-refractivity contribution in [2.75, 3.05) is 31.6 Å². The molecule has 1 aromatic carbocycles. The average molecular weight is 310 g/mol. The van der Waals surface area contributed by atoms with Crippen LogP contribution in [-0.4, -0.2) is 34.7 Å². The summed E-state index contributed by atoms with van der Waals surface area (Å²) in [6.07, 6.45) is 4.59. The lowest BCUT2D eigenvalue weighted by Crippen LogP contribution is -2.28. The maximum absolute atomic E-state index is 12.2. The quantitative estimate of drug-likeness (QED) is 0.753. The van der Waals surface area contributed by atoms with E-state index in [1.165, 1.54) is 18.4 Å². The smallest absolute Gasteiger partial charge is 0.240 e. The molecule has 21 heavy (non-hydrogen) atoms. The fraction of sp³-hybridized carbons (Fsp3) is 0.600. The fourth-order valence-corrected chi connectivity index (χ4v) is 3.51. The van der Waals surface area contributed by atoms with Crippen molar-refractivity contribution in [2.24, 2.45) is 5.92 Å². The zero-order valence-electron chi connectivity index (χ0n) is 12.1. The summed E-state index contributed by atoms with van der Waals surface area (Å²) in [5.74, 6) is 0.702. The topological polar surface area (TPSA) is 67.4 Å². The molecule has 116 valence electrons. The van der Waals surface area contributed by atoms with Crippen LogP contribution in [0.25, 0.3) is 0 Å². The molecular formula is C15H22N2O3S. The van der Waals surface area contributed by atoms with Crippen molar-refractivity contribution in [3.63, 3.8) is 0 Å². The van der Waals surface area contributed by atoms with Gasteiger partial charge in [-0.3, -0.25) is 0 Å². The number of nitrogens with one attached hydrogen (secondary N) is 2. The standard InChI is InChI=1S/C15H22N2O3S/c18-21(19,17-8-9-20-11-12-3-4-12)14-6-5-13-2-1-7-16-15(13)10-14/h5-6,10,12,16-17H,1-4,7-9,11H2. The summed E-state index contributed by atoms with van der Waals surface area (Å²) in [5.41, 5.74) is 2.13. The minimum atomic E-state index is -3.45. The van der Waals surface area contributed by atoms with E-state index in [4.69, 9.17) is 4.74 Å².